The van der Waals surface area contributed by atoms with Gasteiger partial charge in [0, 0.05) is 12.7 Å². The highest BCUT2D eigenvalue weighted by Crippen LogP contribution is 2.27. The normalized spacial score (nSPS) is 10.1. The molecule has 0 saturated heterocycles. The number of benzene rings is 1. The van der Waals surface area contributed by atoms with Crippen molar-refractivity contribution in [1.29, 1.82) is 0 Å². The Morgan fingerprint density at radius 1 is 1.38 bits per heavy atom. The first-order valence-corrected chi connectivity index (χ1v) is 5.52. The topological polar surface area (TPSA) is 44.8 Å². The Morgan fingerprint density at radius 2 is 2.19 bits per heavy atom. The number of carbonyl (C=O) groups excluding carboxylic acids is 1. The molecular formula is C11H13BrO4. The lowest BCUT2D eigenvalue weighted by molar-refractivity contribution is -0.00882. The summed E-state index contributed by atoms with van der Waals surface area (Å²) < 4.78 is 15.9. The third kappa shape index (κ3) is 3.92. The fourth-order valence-corrected chi connectivity index (χ4v) is 1.51. The van der Waals surface area contributed by atoms with Crippen molar-refractivity contribution in [2.24, 2.45) is 0 Å². The van der Waals surface area contributed by atoms with Gasteiger partial charge in [-0.3, -0.25) is 4.79 Å². The van der Waals surface area contributed by atoms with E-state index in [1.54, 1.807) is 25.3 Å². The summed E-state index contributed by atoms with van der Waals surface area (Å²) in [5.74, 6) is 0.585. The minimum atomic E-state index is 0.129. The molecule has 5 heteroatoms. The average Bonchev–Trinajstić information content (AvgIpc) is 2.31. The molecule has 0 fully saturated rings. The van der Waals surface area contributed by atoms with Gasteiger partial charge in [-0.1, -0.05) is 12.1 Å². The second-order valence-corrected chi connectivity index (χ2v) is 3.73. The van der Waals surface area contributed by atoms with Gasteiger partial charge in [0.15, 0.2) is 13.1 Å². The summed E-state index contributed by atoms with van der Waals surface area (Å²) in [7, 11) is 1.61. The Balaban J connectivity index is 2.44. The van der Waals surface area contributed by atoms with E-state index in [0.717, 1.165) is 6.29 Å². The van der Waals surface area contributed by atoms with Crippen molar-refractivity contribution in [3.63, 3.8) is 0 Å². The van der Waals surface area contributed by atoms with E-state index in [0.29, 0.717) is 29.0 Å². The molecule has 0 aliphatic carbocycles. The van der Waals surface area contributed by atoms with Crippen LogP contribution in [-0.4, -0.2) is 33.4 Å². The van der Waals surface area contributed by atoms with E-state index in [9.17, 15) is 4.79 Å². The molecule has 1 rings (SSSR count). The van der Waals surface area contributed by atoms with Crippen molar-refractivity contribution >= 4 is 22.2 Å². The summed E-state index contributed by atoms with van der Waals surface area (Å²) in [5, 5.41) is 0. The van der Waals surface area contributed by atoms with Crippen molar-refractivity contribution in [2.45, 2.75) is 0 Å². The smallest absolute Gasteiger partial charge is 0.189 e. The third-order valence-electron chi connectivity index (χ3n) is 1.85. The molecule has 0 spiro atoms. The molecule has 0 saturated carbocycles. The standard InChI is InChI=1S/C11H13BrO4/c1-14-5-6-15-8-16-10-4-2-3-9(7-13)11(10)12/h2-4,7H,5-6,8H2,1H3. The molecule has 1 aromatic rings. The summed E-state index contributed by atoms with van der Waals surface area (Å²) in [5.41, 5.74) is 0.550. The van der Waals surface area contributed by atoms with E-state index in [2.05, 4.69) is 15.9 Å². The fourth-order valence-electron chi connectivity index (χ4n) is 1.04. The van der Waals surface area contributed by atoms with Crippen LogP contribution in [0, 0.1) is 0 Å². The molecule has 0 amide bonds. The Hall–Kier alpha value is -0.910. The molecule has 4 nitrogen and oxygen atoms in total. The van der Waals surface area contributed by atoms with Gasteiger partial charge in [-0.2, -0.15) is 0 Å². The molecule has 16 heavy (non-hydrogen) atoms. The molecule has 0 atom stereocenters. The van der Waals surface area contributed by atoms with Crippen LogP contribution in [0.15, 0.2) is 22.7 Å². The van der Waals surface area contributed by atoms with Crippen LogP contribution in [0.1, 0.15) is 10.4 Å². The number of carbonyl (C=O) groups is 1. The number of halogens is 1. The van der Waals surface area contributed by atoms with Gasteiger partial charge >= 0.3 is 0 Å². The van der Waals surface area contributed by atoms with Gasteiger partial charge in [-0.05, 0) is 22.0 Å². The van der Waals surface area contributed by atoms with E-state index < -0.39 is 0 Å². The van der Waals surface area contributed by atoms with Gasteiger partial charge in [-0.25, -0.2) is 0 Å². The maximum atomic E-state index is 10.7. The highest BCUT2D eigenvalue weighted by Gasteiger charge is 2.05. The van der Waals surface area contributed by atoms with Gasteiger partial charge in [0.25, 0.3) is 0 Å². The third-order valence-corrected chi connectivity index (χ3v) is 2.70. The molecule has 0 N–H and O–H groups in total. The minimum Gasteiger partial charge on any atom is -0.466 e. The highest BCUT2D eigenvalue weighted by molar-refractivity contribution is 9.10. The lowest BCUT2D eigenvalue weighted by atomic mass is 10.2. The highest BCUT2D eigenvalue weighted by atomic mass is 79.9. The zero-order valence-electron chi connectivity index (χ0n) is 8.94. The van der Waals surface area contributed by atoms with Gasteiger partial charge in [-0.15, -0.1) is 0 Å². The Bertz CT molecular complexity index is 341. The van der Waals surface area contributed by atoms with Crippen molar-refractivity contribution in [3.8, 4) is 5.75 Å². The molecule has 0 aliphatic rings. The van der Waals surface area contributed by atoms with Crippen LogP contribution in [0.2, 0.25) is 0 Å². The number of ether oxygens (including phenoxy) is 3. The molecule has 1 aromatic carbocycles. The van der Waals surface area contributed by atoms with Crippen LogP contribution in [0.25, 0.3) is 0 Å². The van der Waals surface area contributed by atoms with Gasteiger partial charge in [0.05, 0.1) is 17.7 Å². The molecular weight excluding hydrogens is 276 g/mol. The predicted octanol–water partition coefficient (Wildman–Crippen LogP) is 2.26. The Kier molecular flexibility index (Phi) is 6.07. The van der Waals surface area contributed by atoms with Crippen LogP contribution in [0.5, 0.6) is 5.75 Å². The summed E-state index contributed by atoms with van der Waals surface area (Å²) >= 11 is 3.29. The fraction of sp³-hybridized carbons (Fsp3) is 0.364. The van der Waals surface area contributed by atoms with E-state index in [1.165, 1.54) is 0 Å². The molecule has 0 heterocycles. The first kappa shape index (κ1) is 13.2. The van der Waals surface area contributed by atoms with E-state index in [-0.39, 0.29) is 6.79 Å². The summed E-state index contributed by atoms with van der Waals surface area (Å²) in [6.07, 6.45) is 0.767. The van der Waals surface area contributed by atoms with Crippen molar-refractivity contribution in [1.82, 2.24) is 0 Å². The first-order valence-electron chi connectivity index (χ1n) is 4.72. The second-order valence-electron chi connectivity index (χ2n) is 2.94. The SMILES string of the molecule is COCCOCOc1cccc(C=O)c1Br. The Morgan fingerprint density at radius 3 is 2.88 bits per heavy atom. The maximum Gasteiger partial charge on any atom is 0.189 e. The minimum absolute atomic E-state index is 0.129. The summed E-state index contributed by atoms with van der Waals surface area (Å²) in [6.45, 7) is 1.13. The number of aldehydes is 1. The van der Waals surface area contributed by atoms with E-state index in [4.69, 9.17) is 14.2 Å². The molecule has 0 radical (unpaired) electrons. The second kappa shape index (κ2) is 7.38. The van der Waals surface area contributed by atoms with Crippen molar-refractivity contribution in [3.05, 3.63) is 28.2 Å². The molecule has 0 aliphatic heterocycles. The molecule has 0 unspecified atom stereocenters. The van der Waals surface area contributed by atoms with Crippen LogP contribution in [-0.2, 0) is 9.47 Å². The van der Waals surface area contributed by atoms with Crippen molar-refractivity contribution in [2.75, 3.05) is 27.1 Å². The van der Waals surface area contributed by atoms with Gasteiger partial charge in [0.2, 0.25) is 0 Å². The maximum absolute atomic E-state index is 10.7. The number of methoxy groups -OCH3 is 1. The molecule has 0 aromatic heterocycles. The summed E-state index contributed by atoms with van der Waals surface area (Å²) in [4.78, 5) is 10.7. The quantitative estimate of drug-likeness (QED) is 0.439. The van der Waals surface area contributed by atoms with Crippen molar-refractivity contribution < 1.29 is 19.0 Å². The van der Waals surface area contributed by atoms with Crippen LogP contribution in [0.4, 0.5) is 0 Å². The number of rotatable bonds is 7. The predicted molar refractivity (Wildman–Crippen MR) is 62.9 cm³/mol. The van der Waals surface area contributed by atoms with Crippen LogP contribution in [0.3, 0.4) is 0 Å². The molecule has 88 valence electrons. The van der Waals surface area contributed by atoms with Gasteiger partial charge in [0.1, 0.15) is 5.75 Å². The number of hydrogen-bond donors (Lipinski definition) is 0. The first-order chi connectivity index (χ1) is 7.79. The van der Waals surface area contributed by atoms with E-state index in [1.807, 2.05) is 0 Å². The largest absolute Gasteiger partial charge is 0.466 e. The zero-order valence-corrected chi connectivity index (χ0v) is 10.5. The summed E-state index contributed by atoms with van der Waals surface area (Å²) in [6, 6.07) is 5.21. The van der Waals surface area contributed by atoms with E-state index >= 15 is 0 Å². The van der Waals surface area contributed by atoms with Crippen LogP contribution >= 0.6 is 15.9 Å². The monoisotopic (exact) mass is 288 g/mol. The Labute approximate surface area is 103 Å². The molecule has 0 bridgehead atoms. The lowest BCUT2D eigenvalue weighted by Gasteiger charge is -2.09. The lowest BCUT2D eigenvalue weighted by Crippen LogP contribution is -2.08. The average molecular weight is 289 g/mol. The van der Waals surface area contributed by atoms with Gasteiger partial charge < -0.3 is 14.2 Å². The van der Waals surface area contributed by atoms with Crippen LogP contribution < -0.4 is 4.74 Å². The zero-order chi connectivity index (χ0) is 11.8. The number of hydrogen-bond acceptors (Lipinski definition) is 4.